The van der Waals surface area contributed by atoms with Crippen molar-refractivity contribution in [2.75, 3.05) is 4.72 Å². The maximum Gasteiger partial charge on any atom is 0.280 e. The van der Waals surface area contributed by atoms with Crippen molar-refractivity contribution in [3.63, 3.8) is 0 Å². The highest BCUT2D eigenvalue weighted by molar-refractivity contribution is 7.92. The summed E-state index contributed by atoms with van der Waals surface area (Å²) in [5.74, 6) is 0.995. The number of aromatic nitrogens is 4. The van der Waals surface area contributed by atoms with Crippen LogP contribution in [0.2, 0.25) is 0 Å². The van der Waals surface area contributed by atoms with E-state index in [9.17, 15) is 8.42 Å². The second-order valence-corrected chi connectivity index (χ2v) is 10.1. The lowest BCUT2D eigenvalue weighted by Gasteiger charge is -2.25. The van der Waals surface area contributed by atoms with Gasteiger partial charge in [-0.25, -0.2) is 9.97 Å². The third kappa shape index (κ3) is 5.52. The van der Waals surface area contributed by atoms with Gasteiger partial charge in [0.25, 0.3) is 10.0 Å². The topological polar surface area (TPSA) is 113 Å². The fourth-order valence-electron chi connectivity index (χ4n) is 4.38. The lowest BCUT2D eigenvalue weighted by Crippen LogP contribution is -2.28. The molecule has 9 heteroatoms. The number of H-pyrrole nitrogens is 1. The molecule has 1 saturated carbocycles. The summed E-state index contributed by atoms with van der Waals surface area (Å²) in [6, 6.07) is 8.30. The molecule has 32 heavy (non-hydrogen) atoms. The van der Waals surface area contributed by atoms with E-state index in [1.54, 1.807) is 6.20 Å². The summed E-state index contributed by atoms with van der Waals surface area (Å²) < 4.78 is 27.9. The smallest absolute Gasteiger partial charge is 0.280 e. The molecule has 0 saturated heterocycles. The first-order chi connectivity index (χ1) is 15.5. The summed E-state index contributed by atoms with van der Waals surface area (Å²) in [7, 11) is -3.84. The van der Waals surface area contributed by atoms with E-state index in [1.165, 1.54) is 57.2 Å². The normalized spacial score (nSPS) is 16.0. The molecule has 0 spiro atoms. The highest BCUT2D eigenvalue weighted by Gasteiger charge is 2.21. The molecule has 1 atom stereocenters. The van der Waals surface area contributed by atoms with Gasteiger partial charge in [-0.05, 0) is 24.8 Å². The predicted octanol–water partition coefficient (Wildman–Crippen LogP) is 4.12. The zero-order chi connectivity index (χ0) is 22.4. The van der Waals surface area contributed by atoms with Crippen molar-refractivity contribution in [2.45, 2.75) is 63.1 Å². The molecule has 4 rings (SSSR count). The molecule has 0 aliphatic heterocycles. The molecule has 1 aliphatic rings. The Labute approximate surface area is 189 Å². The zero-order valence-corrected chi connectivity index (χ0v) is 19.1. The van der Waals surface area contributed by atoms with Gasteiger partial charge in [-0.2, -0.15) is 8.42 Å². The molecule has 0 amide bonds. The van der Waals surface area contributed by atoms with Crippen LogP contribution in [0.5, 0.6) is 0 Å². The molecular formula is C23H30N6O2S. The number of aromatic amines is 1. The van der Waals surface area contributed by atoms with Crippen LogP contribution in [0.4, 0.5) is 5.82 Å². The SMILES string of the molecule is C[C@@H](CC1CCCCC1)NCc1ccccc1-c1nccnc1NS(=O)(=O)c1cnc[nH]1. The van der Waals surface area contributed by atoms with Crippen LogP contribution in [-0.2, 0) is 16.6 Å². The standard InChI is InChI=1S/C23H30N6O2S/c1-17(13-18-7-3-2-4-8-18)27-14-19-9-5-6-10-20(19)22-23(26-12-11-25-22)29-32(30,31)21-15-24-16-28-21/h5-6,9-12,15-18,27H,2-4,7-8,13-14H2,1H3,(H,24,28)(H,26,29)/t17-/m0/s1. The average molecular weight is 455 g/mol. The summed E-state index contributed by atoms with van der Waals surface area (Å²) in [6.45, 7) is 2.91. The minimum atomic E-state index is -3.84. The van der Waals surface area contributed by atoms with Gasteiger partial charge in [-0.15, -0.1) is 0 Å². The van der Waals surface area contributed by atoms with Gasteiger partial charge in [0.1, 0.15) is 5.69 Å². The lowest BCUT2D eigenvalue weighted by molar-refractivity contribution is 0.305. The molecule has 0 bridgehead atoms. The van der Waals surface area contributed by atoms with Crippen LogP contribution in [0.1, 0.15) is 51.0 Å². The van der Waals surface area contributed by atoms with Gasteiger partial charge < -0.3 is 10.3 Å². The van der Waals surface area contributed by atoms with E-state index in [1.807, 2.05) is 24.3 Å². The number of anilines is 1. The number of imidazole rings is 1. The molecule has 0 radical (unpaired) electrons. The molecule has 1 fully saturated rings. The third-order valence-electron chi connectivity index (χ3n) is 6.02. The van der Waals surface area contributed by atoms with Crippen molar-refractivity contribution in [2.24, 2.45) is 5.92 Å². The first-order valence-electron chi connectivity index (χ1n) is 11.2. The molecular weight excluding hydrogens is 424 g/mol. The second-order valence-electron chi connectivity index (χ2n) is 8.45. The number of hydrogen-bond acceptors (Lipinski definition) is 6. The minimum Gasteiger partial charge on any atom is -0.334 e. The Morgan fingerprint density at radius 1 is 1.12 bits per heavy atom. The van der Waals surface area contributed by atoms with Crippen molar-refractivity contribution < 1.29 is 8.42 Å². The van der Waals surface area contributed by atoms with Crippen LogP contribution in [0.25, 0.3) is 11.3 Å². The van der Waals surface area contributed by atoms with E-state index < -0.39 is 10.0 Å². The number of sulfonamides is 1. The molecule has 3 N–H and O–H groups in total. The highest BCUT2D eigenvalue weighted by atomic mass is 32.2. The van der Waals surface area contributed by atoms with E-state index in [2.05, 4.69) is 36.9 Å². The highest BCUT2D eigenvalue weighted by Crippen LogP contribution is 2.30. The maximum atomic E-state index is 12.7. The molecule has 8 nitrogen and oxygen atoms in total. The largest absolute Gasteiger partial charge is 0.334 e. The fourth-order valence-corrected chi connectivity index (χ4v) is 5.30. The molecule has 2 heterocycles. The molecule has 1 aromatic carbocycles. The van der Waals surface area contributed by atoms with E-state index in [-0.39, 0.29) is 10.8 Å². The first-order valence-corrected chi connectivity index (χ1v) is 12.6. The van der Waals surface area contributed by atoms with Gasteiger partial charge in [0.2, 0.25) is 0 Å². The van der Waals surface area contributed by atoms with E-state index in [0.29, 0.717) is 18.3 Å². The van der Waals surface area contributed by atoms with Crippen molar-refractivity contribution >= 4 is 15.8 Å². The van der Waals surface area contributed by atoms with Gasteiger partial charge in [0, 0.05) is 30.5 Å². The van der Waals surface area contributed by atoms with Crippen LogP contribution in [0, 0.1) is 5.92 Å². The molecule has 1 aliphatic carbocycles. The molecule has 170 valence electrons. The Bertz CT molecular complexity index is 1110. The maximum absolute atomic E-state index is 12.7. The molecule has 3 aromatic rings. The Morgan fingerprint density at radius 3 is 2.69 bits per heavy atom. The summed E-state index contributed by atoms with van der Waals surface area (Å²) in [5.41, 5.74) is 2.39. The Kier molecular flexibility index (Phi) is 7.16. The number of benzene rings is 1. The van der Waals surface area contributed by atoms with Gasteiger partial charge in [0.05, 0.1) is 12.5 Å². The van der Waals surface area contributed by atoms with Gasteiger partial charge in [0.15, 0.2) is 10.8 Å². The monoisotopic (exact) mass is 454 g/mol. The average Bonchev–Trinajstić information content (AvgIpc) is 3.35. The van der Waals surface area contributed by atoms with E-state index in [4.69, 9.17) is 0 Å². The summed E-state index contributed by atoms with van der Waals surface area (Å²) in [5, 5.41) is 3.62. The molecule has 2 aromatic heterocycles. The first kappa shape index (κ1) is 22.4. The van der Waals surface area contributed by atoms with Crippen LogP contribution in [0.15, 0.2) is 54.2 Å². The Balaban J connectivity index is 1.51. The number of hydrogen-bond donors (Lipinski definition) is 3. The number of nitrogens with zero attached hydrogens (tertiary/aromatic N) is 3. The van der Waals surface area contributed by atoms with Crippen LogP contribution in [-0.4, -0.2) is 34.4 Å². The van der Waals surface area contributed by atoms with Crippen molar-refractivity contribution in [3.05, 3.63) is 54.7 Å². The van der Waals surface area contributed by atoms with E-state index in [0.717, 1.165) is 17.0 Å². The quantitative estimate of drug-likeness (QED) is 0.448. The Morgan fingerprint density at radius 2 is 1.91 bits per heavy atom. The zero-order valence-electron chi connectivity index (χ0n) is 18.3. The lowest BCUT2D eigenvalue weighted by atomic mass is 9.85. The van der Waals surface area contributed by atoms with Crippen molar-refractivity contribution in [1.82, 2.24) is 25.3 Å². The van der Waals surface area contributed by atoms with Gasteiger partial charge in [-0.1, -0.05) is 56.4 Å². The molecule has 0 unspecified atom stereocenters. The van der Waals surface area contributed by atoms with Crippen molar-refractivity contribution in [3.8, 4) is 11.3 Å². The number of nitrogens with one attached hydrogen (secondary N) is 3. The Hall–Kier alpha value is -2.78. The predicted molar refractivity (Wildman–Crippen MR) is 124 cm³/mol. The summed E-state index contributed by atoms with van der Waals surface area (Å²) >= 11 is 0. The number of rotatable bonds is 9. The summed E-state index contributed by atoms with van der Waals surface area (Å²) in [6.07, 6.45) is 13.5. The van der Waals surface area contributed by atoms with Gasteiger partial charge in [-0.3, -0.25) is 9.71 Å². The third-order valence-corrected chi connectivity index (χ3v) is 7.28. The summed E-state index contributed by atoms with van der Waals surface area (Å²) in [4.78, 5) is 15.1. The van der Waals surface area contributed by atoms with Crippen LogP contribution < -0.4 is 10.0 Å². The second kappa shape index (κ2) is 10.2. The van der Waals surface area contributed by atoms with Gasteiger partial charge >= 0.3 is 0 Å². The minimum absolute atomic E-state index is 0.0272. The van der Waals surface area contributed by atoms with E-state index >= 15 is 0 Å². The van der Waals surface area contributed by atoms with Crippen LogP contribution in [0.3, 0.4) is 0 Å². The van der Waals surface area contributed by atoms with Crippen LogP contribution >= 0.6 is 0 Å². The van der Waals surface area contributed by atoms with Crippen molar-refractivity contribution in [1.29, 1.82) is 0 Å². The fraction of sp³-hybridized carbons (Fsp3) is 0.435.